The maximum Gasteiger partial charge on any atom is 0.251 e. The van der Waals surface area contributed by atoms with Crippen molar-refractivity contribution in [1.29, 1.82) is 0 Å². The molecule has 30 heavy (non-hydrogen) atoms. The fourth-order valence-corrected chi connectivity index (χ4v) is 3.64. The Morgan fingerprint density at radius 2 is 1.70 bits per heavy atom. The number of amides is 2. The number of benzene rings is 1. The van der Waals surface area contributed by atoms with Gasteiger partial charge >= 0.3 is 0 Å². The number of rotatable bonds is 10. The molecule has 2 N–H and O–H groups in total. The lowest BCUT2D eigenvalue weighted by molar-refractivity contribution is -0.121. The molecule has 2 aromatic heterocycles. The average molecular weight is 427 g/mol. The molecular weight excluding hydrogens is 403 g/mol. The molecule has 0 aliphatic rings. The van der Waals surface area contributed by atoms with E-state index in [0.717, 1.165) is 29.1 Å². The predicted octanol–water partition coefficient (Wildman–Crippen LogP) is 3.60. The predicted molar refractivity (Wildman–Crippen MR) is 115 cm³/mol. The number of halogens is 1. The molecule has 0 saturated heterocycles. The van der Waals surface area contributed by atoms with Gasteiger partial charge in [-0.15, -0.1) is 11.3 Å². The Bertz CT molecular complexity index is 961. The largest absolute Gasteiger partial charge is 0.356 e. The number of nitrogens with one attached hydrogen (secondary N) is 2. The Morgan fingerprint density at radius 3 is 2.47 bits per heavy atom. The molecule has 2 heterocycles. The summed E-state index contributed by atoms with van der Waals surface area (Å²) < 4.78 is 12.9. The molecule has 2 amide bonds. The highest BCUT2D eigenvalue weighted by Crippen LogP contribution is 2.21. The van der Waals surface area contributed by atoms with Crippen molar-refractivity contribution in [3.63, 3.8) is 0 Å². The molecule has 6 nitrogen and oxygen atoms in total. The smallest absolute Gasteiger partial charge is 0.251 e. The Labute approximate surface area is 178 Å². The minimum atomic E-state index is -0.382. The van der Waals surface area contributed by atoms with Crippen LogP contribution in [0.1, 0.15) is 34.6 Å². The molecule has 0 saturated carbocycles. The molecule has 0 bridgehead atoms. The minimum Gasteiger partial charge on any atom is -0.356 e. The number of carbonyl (C=O) groups excluding carboxylic acids is 2. The van der Waals surface area contributed by atoms with Gasteiger partial charge in [-0.25, -0.2) is 9.37 Å². The Morgan fingerprint density at radius 1 is 0.967 bits per heavy atom. The van der Waals surface area contributed by atoms with Crippen LogP contribution in [-0.4, -0.2) is 34.9 Å². The van der Waals surface area contributed by atoms with Crippen LogP contribution in [0.4, 0.5) is 4.39 Å². The lowest BCUT2D eigenvalue weighted by Gasteiger charge is -2.06. The fraction of sp³-hybridized carbons (Fsp3) is 0.273. The van der Waals surface area contributed by atoms with Crippen LogP contribution in [0.15, 0.2) is 54.2 Å². The second-order valence-electron chi connectivity index (χ2n) is 6.68. The van der Waals surface area contributed by atoms with Crippen LogP contribution in [0.2, 0.25) is 0 Å². The van der Waals surface area contributed by atoms with Gasteiger partial charge in [-0.3, -0.25) is 14.6 Å². The Hall–Kier alpha value is -3.13. The lowest BCUT2D eigenvalue weighted by atomic mass is 10.2. The Balaban J connectivity index is 1.27. The first kappa shape index (κ1) is 21.6. The second kappa shape index (κ2) is 11.2. The van der Waals surface area contributed by atoms with Gasteiger partial charge < -0.3 is 10.6 Å². The number of aromatic nitrogens is 2. The molecular formula is C22H23FN4O2S. The molecule has 0 atom stereocenters. The third kappa shape index (κ3) is 6.73. The van der Waals surface area contributed by atoms with Crippen LogP contribution in [-0.2, 0) is 11.2 Å². The summed E-state index contributed by atoms with van der Waals surface area (Å²) in [7, 11) is 0. The van der Waals surface area contributed by atoms with E-state index in [1.165, 1.54) is 24.3 Å². The van der Waals surface area contributed by atoms with E-state index >= 15 is 0 Å². The summed E-state index contributed by atoms with van der Waals surface area (Å²) in [6.45, 7) is 0.978. The maximum atomic E-state index is 12.9. The van der Waals surface area contributed by atoms with Gasteiger partial charge in [0.05, 0.1) is 10.7 Å². The quantitative estimate of drug-likeness (QED) is 0.485. The molecule has 0 unspecified atom stereocenters. The van der Waals surface area contributed by atoms with E-state index in [9.17, 15) is 14.0 Å². The van der Waals surface area contributed by atoms with Crippen molar-refractivity contribution in [2.75, 3.05) is 13.1 Å². The van der Waals surface area contributed by atoms with Crippen molar-refractivity contribution in [2.24, 2.45) is 0 Å². The zero-order chi connectivity index (χ0) is 21.2. The first-order chi connectivity index (χ1) is 14.6. The highest BCUT2D eigenvalue weighted by atomic mass is 32.1. The summed E-state index contributed by atoms with van der Waals surface area (Å²) in [4.78, 5) is 32.4. The summed E-state index contributed by atoms with van der Waals surface area (Å²) >= 11 is 1.62. The molecule has 3 aromatic rings. The molecule has 1 aromatic carbocycles. The fourth-order valence-electron chi connectivity index (χ4n) is 2.79. The molecule has 0 aliphatic carbocycles. The van der Waals surface area contributed by atoms with Crippen LogP contribution in [0.3, 0.4) is 0 Å². The standard InChI is InChI=1S/C22H23FN4O2S/c23-18-7-5-17(6-8-18)22(29)26-12-1-3-20(28)25-11-2-4-21-27-19(15-30-21)16-9-13-24-14-10-16/h5-10,13-15H,1-4,11-12H2,(H,25,28)(H,26,29). The van der Waals surface area contributed by atoms with Crippen LogP contribution in [0.5, 0.6) is 0 Å². The van der Waals surface area contributed by atoms with Gasteiger partial charge in [0.2, 0.25) is 5.91 Å². The van der Waals surface area contributed by atoms with E-state index in [-0.39, 0.29) is 17.6 Å². The summed E-state index contributed by atoms with van der Waals surface area (Å²) in [5, 5.41) is 8.69. The highest BCUT2D eigenvalue weighted by molar-refractivity contribution is 7.09. The third-order valence-electron chi connectivity index (χ3n) is 4.39. The monoisotopic (exact) mass is 426 g/mol. The second-order valence-corrected chi connectivity index (χ2v) is 7.62. The van der Waals surface area contributed by atoms with Crippen LogP contribution in [0, 0.1) is 5.82 Å². The summed E-state index contributed by atoms with van der Waals surface area (Å²) in [6.07, 6.45) is 6.00. The van der Waals surface area contributed by atoms with Crippen molar-refractivity contribution >= 4 is 23.2 Å². The molecule has 0 spiro atoms. The van der Waals surface area contributed by atoms with Gasteiger partial charge in [-0.05, 0) is 49.2 Å². The third-order valence-corrected chi connectivity index (χ3v) is 5.30. The molecule has 3 rings (SSSR count). The van der Waals surface area contributed by atoms with Crippen LogP contribution < -0.4 is 10.6 Å². The minimum absolute atomic E-state index is 0.0392. The van der Waals surface area contributed by atoms with Gasteiger partial charge in [-0.2, -0.15) is 0 Å². The van der Waals surface area contributed by atoms with Gasteiger partial charge in [0, 0.05) is 54.8 Å². The van der Waals surface area contributed by atoms with Crippen LogP contribution >= 0.6 is 11.3 Å². The SMILES string of the molecule is O=C(CCCNC(=O)c1ccc(F)cc1)NCCCc1nc(-c2ccncc2)cs1. The van der Waals surface area contributed by atoms with Gasteiger partial charge in [0.15, 0.2) is 0 Å². The topological polar surface area (TPSA) is 84.0 Å². The highest BCUT2D eigenvalue weighted by Gasteiger charge is 2.07. The molecule has 0 radical (unpaired) electrons. The number of hydrogen-bond acceptors (Lipinski definition) is 5. The zero-order valence-electron chi connectivity index (χ0n) is 16.4. The molecule has 0 fully saturated rings. The summed E-state index contributed by atoms with van der Waals surface area (Å²) in [6, 6.07) is 9.21. The van der Waals surface area contributed by atoms with E-state index in [1.807, 2.05) is 17.5 Å². The van der Waals surface area contributed by atoms with Crippen molar-refractivity contribution in [1.82, 2.24) is 20.6 Å². The number of carbonyl (C=O) groups is 2. The Kier molecular flexibility index (Phi) is 8.02. The van der Waals surface area contributed by atoms with E-state index in [1.54, 1.807) is 23.7 Å². The van der Waals surface area contributed by atoms with E-state index in [2.05, 4.69) is 20.6 Å². The summed E-state index contributed by atoms with van der Waals surface area (Å²) in [5.41, 5.74) is 2.39. The number of thiazole rings is 1. The molecule has 8 heteroatoms. The van der Waals surface area contributed by atoms with Crippen molar-refractivity contribution in [3.8, 4) is 11.3 Å². The number of pyridine rings is 1. The van der Waals surface area contributed by atoms with E-state index in [4.69, 9.17) is 0 Å². The van der Waals surface area contributed by atoms with Gasteiger partial charge in [0.25, 0.3) is 5.91 Å². The summed E-state index contributed by atoms with van der Waals surface area (Å²) in [5.74, 6) is -0.695. The van der Waals surface area contributed by atoms with Crippen LogP contribution in [0.25, 0.3) is 11.3 Å². The number of hydrogen-bond donors (Lipinski definition) is 2. The first-order valence-electron chi connectivity index (χ1n) is 9.77. The molecule has 0 aliphatic heterocycles. The van der Waals surface area contributed by atoms with Gasteiger partial charge in [-0.1, -0.05) is 0 Å². The van der Waals surface area contributed by atoms with E-state index in [0.29, 0.717) is 31.5 Å². The number of aryl methyl sites for hydroxylation is 1. The normalized spacial score (nSPS) is 10.6. The van der Waals surface area contributed by atoms with E-state index < -0.39 is 0 Å². The zero-order valence-corrected chi connectivity index (χ0v) is 17.3. The number of nitrogens with zero attached hydrogens (tertiary/aromatic N) is 2. The van der Waals surface area contributed by atoms with Crippen molar-refractivity contribution in [3.05, 3.63) is 70.6 Å². The molecule has 156 valence electrons. The average Bonchev–Trinajstić information content (AvgIpc) is 3.24. The lowest BCUT2D eigenvalue weighted by Crippen LogP contribution is -2.28. The first-order valence-corrected chi connectivity index (χ1v) is 10.6. The van der Waals surface area contributed by atoms with Crippen molar-refractivity contribution in [2.45, 2.75) is 25.7 Å². The van der Waals surface area contributed by atoms with Crippen molar-refractivity contribution < 1.29 is 14.0 Å². The maximum absolute atomic E-state index is 12.9. The van der Waals surface area contributed by atoms with Gasteiger partial charge in [0.1, 0.15) is 5.82 Å².